The van der Waals surface area contributed by atoms with E-state index in [-0.39, 0.29) is 5.54 Å². The summed E-state index contributed by atoms with van der Waals surface area (Å²) in [6, 6.07) is 13.0. The molecule has 0 unspecified atom stereocenters. The molecule has 112 valence electrons. The van der Waals surface area contributed by atoms with Crippen molar-refractivity contribution >= 4 is 21.9 Å². The van der Waals surface area contributed by atoms with Crippen LogP contribution in [0.25, 0.3) is 33.2 Å². The molecule has 0 N–H and O–H groups in total. The molecule has 4 aromatic rings. The van der Waals surface area contributed by atoms with Crippen molar-refractivity contribution in [2.75, 3.05) is 0 Å². The highest BCUT2D eigenvalue weighted by Gasteiger charge is 2.36. The summed E-state index contributed by atoms with van der Waals surface area (Å²) in [6.45, 7) is 6.52. The van der Waals surface area contributed by atoms with Gasteiger partial charge in [0, 0.05) is 5.56 Å². The molecule has 0 fully saturated rings. The minimum absolute atomic E-state index is 0.185. The number of rotatable bonds is 0. The van der Waals surface area contributed by atoms with Crippen LogP contribution >= 0.6 is 0 Å². The largest absolute Gasteiger partial charge is 0.315 e. The van der Waals surface area contributed by atoms with Gasteiger partial charge in [-0.25, -0.2) is 15.0 Å². The zero-order valence-corrected chi connectivity index (χ0v) is 13.3. The van der Waals surface area contributed by atoms with Gasteiger partial charge in [0.05, 0.1) is 5.54 Å². The third-order valence-electron chi connectivity index (χ3n) is 4.98. The highest BCUT2D eigenvalue weighted by molar-refractivity contribution is 5.97. The number of fused-ring (bicyclic) bond motifs is 3. The molecule has 0 bridgehead atoms. The molecular formula is C19H16N4. The molecule has 1 aliphatic heterocycles. The van der Waals surface area contributed by atoms with E-state index in [4.69, 9.17) is 0 Å². The summed E-state index contributed by atoms with van der Waals surface area (Å²) in [7, 11) is 0. The van der Waals surface area contributed by atoms with E-state index < -0.39 is 0 Å². The summed E-state index contributed by atoms with van der Waals surface area (Å²) < 4.78 is 2.27. The lowest BCUT2D eigenvalue weighted by atomic mass is 9.83. The average molecular weight is 300 g/mol. The lowest BCUT2D eigenvalue weighted by Gasteiger charge is -2.35. The van der Waals surface area contributed by atoms with Crippen molar-refractivity contribution in [3.63, 3.8) is 0 Å². The third-order valence-corrected chi connectivity index (χ3v) is 4.98. The first-order valence-electron chi connectivity index (χ1n) is 7.81. The van der Waals surface area contributed by atoms with Crippen LogP contribution < -0.4 is 0 Å². The van der Waals surface area contributed by atoms with Crippen molar-refractivity contribution in [2.24, 2.45) is 0 Å². The van der Waals surface area contributed by atoms with Crippen LogP contribution in [0, 0.1) is 6.92 Å². The molecule has 4 heteroatoms. The molecule has 1 aliphatic rings. The van der Waals surface area contributed by atoms with Gasteiger partial charge in [-0.1, -0.05) is 24.3 Å². The minimum atomic E-state index is -0.185. The van der Waals surface area contributed by atoms with E-state index in [1.54, 1.807) is 6.33 Å². The summed E-state index contributed by atoms with van der Waals surface area (Å²) in [5.74, 6) is 0.977. The quantitative estimate of drug-likeness (QED) is 0.492. The van der Waals surface area contributed by atoms with Gasteiger partial charge in [0.15, 0.2) is 5.65 Å². The number of hydrogen-bond donors (Lipinski definition) is 0. The zero-order valence-electron chi connectivity index (χ0n) is 13.3. The van der Waals surface area contributed by atoms with E-state index in [9.17, 15) is 0 Å². The molecule has 0 amide bonds. The fraction of sp³-hybridized carbons (Fsp3) is 0.211. The Kier molecular flexibility index (Phi) is 2.20. The highest BCUT2D eigenvalue weighted by atomic mass is 15.2. The van der Waals surface area contributed by atoms with Gasteiger partial charge in [0.2, 0.25) is 0 Å². The van der Waals surface area contributed by atoms with E-state index in [2.05, 4.69) is 69.8 Å². The minimum Gasteiger partial charge on any atom is -0.315 e. The monoisotopic (exact) mass is 300 g/mol. The zero-order chi connectivity index (χ0) is 15.8. The molecule has 0 saturated carbocycles. The number of hydrogen-bond acceptors (Lipinski definition) is 3. The van der Waals surface area contributed by atoms with E-state index in [0.29, 0.717) is 0 Å². The van der Waals surface area contributed by atoms with Gasteiger partial charge in [-0.2, -0.15) is 0 Å². The van der Waals surface area contributed by atoms with Crippen molar-refractivity contribution < 1.29 is 0 Å². The molecule has 0 radical (unpaired) electrons. The van der Waals surface area contributed by atoms with Crippen molar-refractivity contribution in [1.82, 2.24) is 19.5 Å². The molecule has 4 nitrogen and oxygen atoms in total. The fourth-order valence-electron chi connectivity index (χ4n) is 3.97. The summed E-state index contributed by atoms with van der Waals surface area (Å²) in [4.78, 5) is 13.6. The van der Waals surface area contributed by atoms with Crippen LogP contribution in [0.4, 0.5) is 0 Å². The topological polar surface area (TPSA) is 43.6 Å². The Balaban J connectivity index is 2.03. The normalized spacial score (nSPS) is 15.1. The van der Waals surface area contributed by atoms with Gasteiger partial charge in [0.1, 0.15) is 23.4 Å². The van der Waals surface area contributed by atoms with Gasteiger partial charge in [-0.15, -0.1) is 0 Å². The van der Waals surface area contributed by atoms with Crippen LogP contribution in [0.5, 0.6) is 0 Å². The molecule has 0 aliphatic carbocycles. The Morgan fingerprint density at radius 1 is 1.00 bits per heavy atom. The maximum atomic E-state index is 4.64. The lowest BCUT2D eigenvalue weighted by molar-refractivity contribution is 0.436. The number of imidazole rings is 1. The number of aromatic nitrogens is 4. The van der Waals surface area contributed by atoms with Crippen LogP contribution in [0.15, 0.2) is 42.7 Å². The summed E-state index contributed by atoms with van der Waals surface area (Å²) >= 11 is 0. The predicted molar refractivity (Wildman–Crippen MR) is 91.4 cm³/mol. The summed E-state index contributed by atoms with van der Waals surface area (Å²) in [5.41, 5.74) is 5.08. The standard InChI is InChI=1S/C19H16N4/c1-11-22-18-17-16(20-10-21-18)14-8-12-6-4-5-7-13(12)9-15(14)19(2,3)23(11)17/h4-10H,1-3H3. The summed E-state index contributed by atoms with van der Waals surface area (Å²) in [6.07, 6.45) is 1.62. The Morgan fingerprint density at radius 3 is 2.52 bits per heavy atom. The number of nitrogens with zero attached hydrogens (tertiary/aromatic N) is 4. The molecule has 2 aromatic carbocycles. The van der Waals surface area contributed by atoms with E-state index in [1.165, 1.54) is 21.9 Å². The molecule has 0 saturated heterocycles. The van der Waals surface area contributed by atoms with E-state index in [1.807, 2.05) is 6.92 Å². The van der Waals surface area contributed by atoms with Crippen LogP contribution in [-0.4, -0.2) is 19.5 Å². The second kappa shape index (κ2) is 3.96. The Hall–Kier alpha value is -2.75. The predicted octanol–water partition coefficient (Wildman–Crippen LogP) is 4.05. The van der Waals surface area contributed by atoms with Crippen LogP contribution in [0.3, 0.4) is 0 Å². The van der Waals surface area contributed by atoms with Crippen molar-refractivity contribution in [2.45, 2.75) is 26.3 Å². The molecule has 3 heterocycles. The van der Waals surface area contributed by atoms with Crippen molar-refractivity contribution in [1.29, 1.82) is 0 Å². The van der Waals surface area contributed by atoms with Gasteiger partial charge < -0.3 is 4.57 Å². The molecule has 5 rings (SSSR count). The number of aryl methyl sites for hydroxylation is 1. The maximum Gasteiger partial charge on any atom is 0.181 e. The Labute approximate surface area is 133 Å². The Bertz CT molecular complexity index is 1110. The van der Waals surface area contributed by atoms with Crippen molar-refractivity contribution in [3.8, 4) is 11.3 Å². The SMILES string of the molecule is Cc1nc2ncnc3c2n1C(C)(C)c1cc2ccccc2cc1-3. The molecule has 2 aromatic heterocycles. The van der Waals surface area contributed by atoms with Crippen LogP contribution in [0.1, 0.15) is 25.2 Å². The van der Waals surface area contributed by atoms with Gasteiger partial charge in [-0.3, -0.25) is 0 Å². The van der Waals surface area contributed by atoms with Crippen LogP contribution in [0.2, 0.25) is 0 Å². The second-order valence-corrected chi connectivity index (χ2v) is 6.69. The molecule has 0 atom stereocenters. The first kappa shape index (κ1) is 12.8. The third kappa shape index (κ3) is 1.48. The van der Waals surface area contributed by atoms with Crippen molar-refractivity contribution in [3.05, 3.63) is 54.1 Å². The second-order valence-electron chi connectivity index (χ2n) is 6.69. The van der Waals surface area contributed by atoms with E-state index in [0.717, 1.165) is 22.7 Å². The van der Waals surface area contributed by atoms with Gasteiger partial charge in [0.25, 0.3) is 0 Å². The molecule has 23 heavy (non-hydrogen) atoms. The van der Waals surface area contributed by atoms with Gasteiger partial charge in [-0.05, 0) is 49.2 Å². The first-order chi connectivity index (χ1) is 11.1. The van der Waals surface area contributed by atoms with E-state index >= 15 is 0 Å². The summed E-state index contributed by atoms with van der Waals surface area (Å²) in [5, 5.41) is 2.49. The first-order valence-corrected chi connectivity index (χ1v) is 7.81. The Morgan fingerprint density at radius 2 is 1.74 bits per heavy atom. The number of benzene rings is 2. The molecular weight excluding hydrogens is 284 g/mol. The maximum absolute atomic E-state index is 4.64. The van der Waals surface area contributed by atoms with Gasteiger partial charge >= 0.3 is 0 Å². The fourth-order valence-corrected chi connectivity index (χ4v) is 3.97. The van der Waals surface area contributed by atoms with Crippen LogP contribution in [-0.2, 0) is 5.54 Å². The smallest absolute Gasteiger partial charge is 0.181 e. The molecule has 0 spiro atoms. The highest BCUT2D eigenvalue weighted by Crippen LogP contribution is 2.44. The lowest BCUT2D eigenvalue weighted by Crippen LogP contribution is -2.32. The average Bonchev–Trinajstić information content (AvgIpc) is 2.89.